The Hall–Kier alpha value is -1.65. The molecule has 0 aliphatic heterocycles. The number of ether oxygens (including phenoxy) is 1. The van der Waals surface area contributed by atoms with Crippen LogP contribution in [0.2, 0.25) is 0 Å². The lowest BCUT2D eigenvalue weighted by Crippen LogP contribution is -2.05. The quantitative estimate of drug-likeness (QED) is 0.570. The molecule has 1 aromatic rings. The molecule has 0 aliphatic carbocycles. The van der Waals surface area contributed by atoms with Crippen LogP contribution in [0, 0.1) is 21.8 Å². The lowest BCUT2D eigenvalue weighted by atomic mass is 10.2. The minimum atomic E-state index is -0.850. The van der Waals surface area contributed by atoms with Gasteiger partial charge in [-0.2, -0.15) is 4.39 Å². The van der Waals surface area contributed by atoms with E-state index in [4.69, 9.17) is 4.74 Å². The smallest absolute Gasteiger partial charge is 0.308 e. The van der Waals surface area contributed by atoms with Gasteiger partial charge in [-0.15, -0.1) is 0 Å². The zero-order chi connectivity index (χ0) is 11.4. The minimum Gasteiger partial charge on any atom is -0.493 e. The molecule has 0 fully saturated rings. The van der Waals surface area contributed by atoms with E-state index in [2.05, 4.69) is 0 Å². The van der Waals surface area contributed by atoms with Crippen LogP contribution in [0.3, 0.4) is 0 Å². The third kappa shape index (κ3) is 3.19. The van der Waals surface area contributed by atoms with Gasteiger partial charge >= 0.3 is 5.69 Å². The molecule has 0 heterocycles. The van der Waals surface area contributed by atoms with Gasteiger partial charge in [-0.1, -0.05) is 13.8 Å². The van der Waals surface area contributed by atoms with Gasteiger partial charge < -0.3 is 4.74 Å². The Bertz CT molecular complexity index is 366. The number of rotatable bonds is 4. The molecule has 0 N–H and O–H groups in total. The number of benzene rings is 1. The number of nitro groups is 1. The molecule has 4 nitrogen and oxygen atoms in total. The van der Waals surface area contributed by atoms with E-state index in [-0.39, 0.29) is 0 Å². The Morgan fingerprint density at radius 3 is 2.73 bits per heavy atom. The summed E-state index contributed by atoms with van der Waals surface area (Å²) in [6, 6.07) is 3.51. The van der Waals surface area contributed by atoms with Gasteiger partial charge in [0.25, 0.3) is 0 Å². The van der Waals surface area contributed by atoms with Crippen LogP contribution >= 0.6 is 0 Å². The standard InChI is InChI=1S/C10H12FNO3/c1-7(2)6-15-8-3-4-9(11)10(5-8)12(13)14/h3-5,7H,6H2,1-2H3. The Kier molecular flexibility index (Phi) is 3.60. The molecule has 0 unspecified atom stereocenters. The lowest BCUT2D eigenvalue weighted by molar-refractivity contribution is -0.387. The topological polar surface area (TPSA) is 52.4 Å². The van der Waals surface area contributed by atoms with Gasteiger partial charge in [-0.3, -0.25) is 10.1 Å². The van der Waals surface area contributed by atoms with Crippen molar-refractivity contribution < 1.29 is 14.1 Å². The number of halogens is 1. The Morgan fingerprint density at radius 1 is 1.53 bits per heavy atom. The van der Waals surface area contributed by atoms with Crippen molar-refractivity contribution in [2.24, 2.45) is 5.92 Å². The van der Waals surface area contributed by atoms with Gasteiger partial charge in [0.1, 0.15) is 5.75 Å². The number of nitro benzene ring substituents is 1. The van der Waals surface area contributed by atoms with Crippen LogP contribution in [-0.4, -0.2) is 11.5 Å². The van der Waals surface area contributed by atoms with E-state index in [9.17, 15) is 14.5 Å². The molecule has 1 aromatic carbocycles. The van der Waals surface area contributed by atoms with Crippen molar-refractivity contribution in [2.75, 3.05) is 6.61 Å². The zero-order valence-electron chi connectivity index (χ0n) is 8.57. The van der Waals surface area contributed by atoms with E-state index in [0.29, 0.717) is 18.3 Å². The predicted molar refractivity (Wildman–Crippen MR) is 53.4 cm³/mol. The highest BCUT2D eigenvalue weighted by Gasteiger charge is 2.14. The SMILES string of the molecule is CC(C)COc1ccc(F)c([N+](=O)[O-])c1. The fourth-order valence-electron chi connectivity index (χ4n) is 0.985. The number of hydrogen-bond acceptors (Lipinski definition) is 3. The first-order valence-electron chi connectivity index (χ1n) is 4.57. The average molecular weight is 213 g/mol. The molecule has 0 spiro atoms. The van der Waals surface area contributed by atoms with Crippen molar-refractivity contribution in [1.29, 1.82) is 0 Å². The second kappa shape index (κ2) is 4.72. The average Bonchev–Trinajstić information content (AvgIpc) is 2.16. The summed E-state index contributed by atoms with van der Waals surface area (Å²) in [6.45, 7) is 4.36. The van der Waals surface area contributed by atoms with Gasteiger partial charge in [-0.05, 0) is 18.1 Å². The van der Waals surface area contributed by atoms with Crippen LogP contribution in [0.15, 0.2) is 18.2 Å². The van der Waals surface area contributed by atoms with Gasteiger partial charge in [0.05, 0.1) is 17.6 Å². The van der Waals surface area contributed by atoms with Crippen LogP contribution in [0.25, 0.3) is 0 Å². The van der Waals surface area contributed by atoms with Crippen molar-refractivity contribution in [3.63, 3.8) is 0 Å². The highest BCUT2D eigenvalue weighted by atomic mass is 19.1. The predicted octanol–water partition coefficient (Wildman–Crippen LogP) is 2.77. The van der Waals surface area contributed by atoms with Crippen LogP contribution in [0.5, 0.6) is 5.75 Å². The van der Waals surface area contributed by atoms with Gasteiger partial charge in [0.15, 0.2) is 0 Å². The Balaban J connectivity index is 2.83. The molecule has 0 bridgehead atoms. The summed E-state index contributed by atoms with van der Waals surface area (Å²) in [5.74, 6) is -0.220. The molecule has 0 aromatic heterocycles. The summed E-state index contributed by atoms with van der Waals surface area (Å²) in [5, 5.41) is 10.4. The summed E-state index contributed by atoms with van der Waals surface area (Å²) in [4.78, 5) is 9.66. The maximum absolute atomic E-state index is 12.9. The van der Waals surface area contributed by atoms with E-state index < -0.39 is 16.4 Å². The summed E-state index contributed by atoms with van der Waals surface area (Å²) < 4.78 is 18.2. The molecule has 82 valence electrons. The van der Waals surface area contributed by atoms with Gasteiger partial charge in [0, 0.05) is 0 Å². The van der Waals surface area contributed by atoms with Crippen molar-refractivity contribution in [2.45, 2.75) is 13.8 Å². The Labute approximate surface area is 86.8 Å². The summed E-state index contributed by atoms with van der Waals surface area (Å²) in [7, 11) is 0. The van der Waals surface area contributed by atoms with Crippen LogP contribution in [0.4, 0.5) is 10.1 Å². The van der Waals surface area contributed by atoms with E-state index >= 15 is 0 Å². The lowest BCUT2D eigenvalue weighted by Gasteiger charge is -2.08. The molecule has 5 heteroatoms. The monoisotopic (exact) mass is 213 g/mol. The van der Waals surface area contributed by atoms with Gasteiger partial charge in [0.2, 0.25) is 5.82 Å². The van der Waals surface area contributed by atoms with Gasteiger partial charge in [-0.25, -0.2) is 0 Å². The molecule has 15 heavy (non-hydrogen) atoms. The second-order valence-corrected chi connectivity index (χ2v) is 3.58. The van der Waals surface area contributed by atoms with E-state index in [1.54, 1.807) is 0 Å². The molecule has 0 saturated carbocycles. The van der Waals surface area contributed by atoms with Crippen LogP contribution in [0.1, 0.15) is 13.8 Å². The molecule has 0 atom stereocenters. The van der Waals surface area contributed by atoms with Crippen LogP contribution < -0.4 is 4.74 Å². The van der Waals surface area contributed by atoms with Crippen LogP contribution in [-0.2, 0) is 0 Å². The fourth-order valence-corrected chi connectivity index (χ4v) is 0.985. The molecular weight excluding hydrogens is 201 g/mol. The largest absolute Gasteiger partial charge is 0.493 e. The first kappa shape index (κ1) is 11.4. The minimum absolute atomic E-state index is 0.314. The summed E-state index contributed by atoms with van der Waals surface area (Å²) >= 11 is 0. The zero-order valence-corrected chi connectivity index (χ0v) is 8.57. The Morgan fingerprint density at radius 2 is 2.20 bits per heavy atom. The summed E-state index contributed by atoms with van der Waals surface area (Å²) in [6.07, 6.45) is 0. The van der Waals surface area contributed by atoms with Crippen molar-refractivity contribution in [1.82, 2.24) is 0 Å². The fraction of sp³-hybridized carbons (Fsp3) is 0.400. The highest BCUT2D eigenvalue weighted by Crippen LogP contribution is 2.23. The number of hydrogen-bond donors (Lipinski definition) is 0. The summed E-state index contributed by atoms with van der Waals surface area (Å²) in [5.41, 5.74) is -0.559. The maximum Gasteiger partial charge on any atom is 0.308 e. The van der Waals surface area contributed by atoms with Crippen molar-refractivity contribution in [3.8, 4) is 5.75 Å². The van der Waals surface area contributed by atoms with E-state index in [1.165, 1.54) is 6.07 Å². The van der Waals surface area contributed by atoms with E-state index in [1.807, 2.05) is 13.8 Å². The molecule has 0 radical (unpaired) electrons. The third-order valence-corrected chi connectivity index (χ3v) is 1.70. The number of nitrogens with zero attached hydrogens (tertiary/aromatic N) is 1. The first-order valence-corrected chi connectivity index (χ1v) is 4.57. The third-order valence-electron chi connectivity index (χ3n) is 1.70. The highest BCUT2D eigenvalue weighted by molar-refractivity contribution is 5.39. The van der Waals surface area contributed by atoms with Crippen molar-refractivity contribution >= 4 is 5.69 Å². The molecular formula is C10H12FNO3. The maximum atomic E-state index is 12.9. The molecule has 0 aliphatic rings. The van der Waals surface area contributed by atoms with E-state index in [0.717, 1.165) is 12.1 Å². The first-order chi connectivity index (χ1) is 7.00. The molecule has 0 saturated heterocycles. The normalized spacial score (nSPS) is 10.4. The second-order valence-electron chi connectivity index (χ2n) is 3.58. The molecule has 0 amide bonds. The van der Waals surface area contributed by atoms with Crippen molar-refractivity contribution in [3.05, 3.63) is 34.1 Å². The molecule has 1 rings (SSSR count).